The number of thioether (sulfide) groups is 1. The molecule has 1 unspecified atom stereocenters. The quantitative estimate of drug-likeness (QED) is 0.373. The Morgan fingerprint density at radius 3 is 2.70 bits per heavy atom. The van der Waals surface area contributed by atoms with E-state index in [0.717, 1.165) is 37.4 Å². The van der Waals surface area contributed by atoms with E-state index in [2.05, 4.69) is 69.6 Å². The largest absolute Gasteiger partial charge is 0.357 e. The van der Waals surface area contributed by atoms with E-state index in [9.17, 15) is 0 Å². The zero-order valence-corrected chi connectivity index (χ0v) is 19.3. The van der Waals surface area contributed by atoms with Crippen LogP contribution in [-0.2, 0) is 13.1 Å². The summed E-state index contributed by atoms with van der Waals surface area (Å²) in [5, 5.41) is 4.18. The molecule has 2 aromatic rings. The average molecular weight is 499 g/mol. The minimum absolute atomic E-state index is 0. The number of aliphatic imine (C=N–C) groups is 1. The molecule has 148 valence electrons. The number of hydrogen-bond acceptors (Lipinski definition) is 3. The molecule has 3 rings (SSSR count). The van der Waals surface area contributed by atoms with Crippen molar-refractivity contribution < 1.29 is 0 Å². The molecular formula is C20H30IN5S. The van der Waals surface area contributed by atoms with E-state index in [1.54, 1.807) is 0 Å². The minimum Gasteiger partial charge on any atom is -0.357 e. The lowest BCUT2D eigenvalue weighted by Crippen LogP contribution is -2.48. The van der Waals surface area contributed by atoms with Gasteiger partial charge in [0.1, 0.15) is 0 Å². The van der Waals surface area contributed by atoms with Gasteiger partial charge in [-0.15, -0.1) is 24.0 Å². The number of nitrogens with one attached hydrogen (secondary N) is 1. The van der Waals surface area contributed by atoms with Gasteiger partial charge in [0.25, 0.3) is 0 Å². The lowest BCUT2D eigenvalue weighted by Gasteiger charge is -2.34. The Hall–Kier alpha value is -1.22. The van der Waals surface area contributed by atoms with Crippen LogP contribution in [0.3, 0.4) is 0 Å². The third-order valence-electron chi connectivity index (χ3n) is 4.59. The summed E-state index contributed by atoms with van der Waals surface area (Å²) in [5.74, 6) is 2.24. The van der Waals surface area contributed by atoms with Gasteiger partial charge in [0.2, 0.25) is 0 Å². The molecule has 1 saturated heterocycles. The van der Waals surface area contributed by atoms with E-state index in [1.165, 1.54) is 23.3 Å². The van der Waals surface area contributed by atoms with Crippen molar-refractivity contribution in [2.75, 3.05) is 25.4 Å². The lowest BCUT2D eigenvalue weighted by molar-refractivity contribution is 0.408. The second kappa shape index (κ2) is 11.6. The van der Waals surface area contributed by atoms with Crippen LogP contribution in [0.25, 0.3) is 0 Å². The van der Waals surface area contributed by atoms with Crippen molar-refractivity contribution >= 4 is 41.7 Å². The van der Waals surface area contributed by atoms with E-state index in [4.69, 9.17) is 4.99 Å². The standard InChI is InChI=1S/C20H29N5S.HI/c1-3-19-15-25(11-12-26-19)20(22-4-2)23-13-17-5-7-18(8-6-17)14-24-10-9-21-16-24;/h5-10,16,19H,3-4,11-15H2,1-2H3,(H,22,23);1H. The van der Waals surface area contributed by atoms with Crippen LogP contribution < -0.4 is 5.32 Å². The number of nitrogens with zero attached hydrogens (tertiary/aromatic N) is 4. The molecule has 1 aliphatic rings. The fraction of sp³-hybridized carbons (Fsp3) is 0.500. The molecule has 1 N–H and O–H groups in total. The first-order valence-corrected chi connectivity index (χ1v) is 10.5. The number of aromatic nitrogens is 2. The van der Waals surface area contributed by atoms with Crippen molar-refractivity contribution in [3.8, 4) is 0 Å². The summed E-state index contributed by atoms with van der Waals surface area (Å²) in [6, 6.07) is 8.73. The minimum atomic E-state index is 0. The van der Waals surface area contributed by atoms with E-state index in [-0.39, 0.29) is 24.0 Å². The predicted molar refractivity (Wildman–Crippen MR) is 126 cm³/mol. The molecule has 1 atom stereocenters. The highest BCUT2D eigenvalue weighted by atomic mass is 127. The highest BCUT2D eigenvalue weighted by molar-refractivity contribution is 14.0. The zero-order valence-electron chi connectivity index (χ0n) is 16.2. The van der Waals surface area contributed by atoms with E-state index >= 15 is 0 Å². The highest BCUT2D eigenvalue weighted by Gasteiger charge is 2.21. The van der Waals surface area contributed by atoms with Gasteiger partial charge in [-0.2, -0.15) is 11.8 Å². The molecule has 0 bridgehead atoms. The molecule has 1 aromatic heterocycles. The molecule has 0 amide bonds. The van der Waals surface area contributed by atoms with Gasteiger partial charge in [-0.1, -0.05) is 31.2 Å². The zero-order chi connectivity index (χ0) is 18.2. The van der Waals surface area contributed by atoms with Crippen molar-refractivity contribution in [3.63, 3.8) is 0 Å². The molecular weight excluding hydrogens is 469 g/mol. The van der Waals surface area contributed by atoms with Gasteiger partial charge in [-0.3, -0.25) is 0 Å². The summed E-state index contributed by atoms with van der Waals surface area (Å²) < 4.78 is 2.08. The maximum atomic E-state index is 4.89. The van der Waals surface area contributed by atoms with Crippen LogP contribution in [0, 0.1) is 0 Å². The van der Waals surface area contributed by atoms with Gasteiger partial charge < -0.3 is 14.8 Å². The van der Waals surface area contributed by atoms with Crippen LogP contribution in [0.15, 0.2) is 48.0 Å². The third kappa shape index (κ3) is 6.71. The van der Waals surface area contributed by atoms with Crippen LogP contribution in [0.5, 0.6) is 0 Å². The summed E-state index contributed by atoms with van der Waals surface area (Å²) in [7, 11) is 0. The number of rotatable bonds is 6. The maximum absolute atomic E-state index is 4.89. The number of guanidine groups is 1. The first-order chi connectivity index (χ1) is 12.8. The van der Waals surface area contributed by atoms with Gasteiger partial charge in [-0.05, 0) is 24.5 Å². The molecule has 2 heterocycles. The smallest absolute Gasteiger partial charge is 0.194 e. The molecule has 1 aliphatic heterocycles. The molecule has 7 heteroatoms. The monoisotopic (exact) mass is 499 g/mol. The van der Waals surface area contributed by atoms with Crippen molar-refractivity contribution in [2.24, 2.45) is 4.99 Å². The van der Waals surface area contributed by atoms with E-state index in [0.29, 0.717) is 6.54 Å². The molecule has 27 heavy (non-hydrogen) atoms. The molecule has 1 aromatic carbocycles. The van der Waals surface area contributed by atoms with Gasteiger partial charge in [0, 0.05) is 49.6 Å². The molecule has 5 nitrogen and oxygen atoms in total. The second-order valence-electron chi connectivity index (χ2n) is 6.57. The average Bonchev–Trinajstić information content (AvgIpc) is 3.19. The van der Waals surface area contributed by atoms with Crippen LogP contribution in [0.2, 0.25) is 0 Å². The van der Waals surface area contributed by atoms with Gasteiger partial charge in [-0.25, -0.2) is 9.98 Å². The molecule has 0 spiro atoms. The maximum Gasteiger partial charge on any atom is 0.194 e. The fourth-order valence-electron chi connectivity index (χ4n) is 3.09. The number of benzene rings is 1. The predicted octanol–water partition coefficient (Wildman–Crippen LogP) is 3.84. The first kappa shape index (κ1) is 22.1. The van der Waals surface area contributed by atoms with E-state index in [1.807, 2.05) is 18.7 Å². The number of imidazole rings is 1. The third-order valence-corrected chi connectivity index (χ3v) is 5.96. The Labute approximate surface area is 184 Å². The number of halogens is 1. The molecule has 0 radical (unpaired) electrons. The summed E-state index contributed by atoms with van der Waals surface area (Å²) in [6.45, 7) is 9.06. The first-order valence-electron chi connectivity index (χ1n) is 9.47. The van der Waals surface area contributed by atoms with Crippen LogP contribution in [0.4, 0.5) is 0 Å². The van der Waals surface area contributed by atoms with Crippen LogP contribution in [0.1, 0.15) is 31.4 Å². The van der Waals surface area contributed by atoms with E-state index < -0.39 is 0 Å². The van der Waals surface area contributed by atoms with Crippen molar-refractivity contribution in [3.05, 3.63) is 54.1 Å². The Kier molecular flexibility index (Phi) is 9.47. The Bertz CT molecular complexity index is 687. The molecule has 0 saturated carbocycles. The Morgan fingerprint density at radius 2 is 2.04 bits per heavy atom. The van der Waals surface area contributed by atoms with Crippen molar-refractivity contribution in [2.45, 2.75) is 38.6 Å². The normalized spacial score (nSPS) is 17.5. The second-order valence-corrected chi connectivity index (χ2v) is 7.98. The summed E-state index contributed by atoms with van der Waals surface area (Å²) in [4.78, 5) is 11.4. The van der Waals surface area contributed by atoms with Crippen LogP contribution in [-0.4, -0.2) is 51.0 Å². The Balaban J connectivity index is 0.00000261. The topological polar surface area (TPSA) is 45.5 Å². The Morgan fingerprint density at radius 1 is 1.26 bits per heavy atom. The summed E-state index contributed by atoms with van der Waals surface area (Å²) in [5.41, 5.74) is 2.52. The summed E-state index contributed by atoms with van der Waals surface area (Å²) >= 11 is 2.09. The molecule has 1 fully saturated rings. The summed E-state index contributed by atoms with van der Waals surface area (Å²) in [6.07, 6.45) is 6.87. The van der Waals surface area contributed by atoms with Gasteiger partial charge >= 0.3 is 0 Å². The fourth-order valence-corrected chi connectivity index (χ4v) is 4.27. The molecule has 0 aliphatic carbocycles. The van der Waals surface area contributed by atoms with Crippen molar-refractivity contribution in [1.29, 1.82) is 0 Å². The SMILES string of the molecule is CCNC(=NCc1ccc(Cn2ccnc2)cc1)N1CCSC(CC)C1.I. The lowest BCUT2D eigenvalue weighted by atomic mass is 10.1. The van der Waals surface area contributed by atoms with Gasteiger partial charge in [0.15, 0.2) is 5.96 Å². The van der Waals surface area contributed by atoms with Crippen LogP contribution >= 0.6 is 35.7 Å². The highest BCUT2D eigenvalue weighted by Crippen LogP contribution is 2.21. The van der Waals surface area contributed by atoms with Crippen molar-refractivity contribution in [1.82, 2.24) is 19.8 Å². The van der Waals surface area contributed by atoms with Gasteiger partial charge in [0.05, 0.1) is 12.9 Å². The number of hydrogen-bond donors (Lipinski definition) is 1.